The molecule has 6 heteroatoms. The number of ether oxygens (including phenoxy) is 1. The Morgan fingerprint density at radius 1 is 1.47 bits per heavy atom. The van der Waals surface area contributed by atoms with Gasteiger partial charge in [-0.2, -0.15) is 0 Å². The number of carbonyl (C=O) groups is 1. The SMILES string of the molecule is Cl.NC1CCCC1C(=O)N1CCOC(CO)C1. The number of morpholine rings is 1. The summed E-state index contributed by atoms with van der Waals surface area (Å²) >= 11 is 0. The highest BCUT2D eigenvalue weighted by Crippen LogP contribution is 2.26. The number of rotatable bonds is 2. The van der Waals surface area contributed by atoms with Crippen molar-refractivity contribution in [3.05, 3.63) is 0 Å². The number of hydrogen-bond donors (Lipinski definition) is 2. The first kappa shape index (κ1) is 14.7. The van der Waals surface area contributed by atoms with E-state index in [-0.39, 0.29) is 43.0 Å². The van der Waals surface area contributed by atoms with Gasteiger partial charge in [0.25, 0.3) is 0 Å². The molecule has 3 unspecified atom stereocenters. The van der Waals surface area contributed by atoms with Gasteiger partial charge in [0.1, 0.15) is 0 Å². The molecule has 1 aliphatic carbocycles. The van der Waals surface area contributed by atoms with Crippen LogP contribution in [0.4, 0.5) is 0 Å². The van der Waals surface area contributed by atoms with Gasteiger partial charge < -0.3 is 20.5 Å². The van der Waals surface area contributed by atoms with Crippen LogP contribution in [0.3, 0.4) is 0 Å². The number of carbonyl (C=O) groups excluding carboxylic acids is 1. The van der Waals surface area contributed by atoms with Crippen molar-refractivity contribution in [2.24, 2.45) is 11.7 Å². The second kappa shape index (κ2) is 6.54. The van der Waals surface area contributed by atoms with Gasteiger partial charge in [-0.15, -0.1) is 12.4 Å². The molecule has 5 nitrogen and oxygen atoms in total. The first-order valence-corrected chi connectivity index (χ1v) is 5.99. The van der Waals surface area contributed by atoms with Gasteiger partial charge in [-0.1, -0.05) is 6.42 Å². The van der Waals surface area contributed by atoms with Crippen molar-refractivity contribution in [1.82, 2.24) is 4.90 Å². The van der Waals surface area contributed by atoms with E-state index in [4.69, 9.17) is 15.6 Å². The average molecular weight is 265 g/mol. The molecule has 1 saturated carbocycles. The molecule has 1 aliphatic heterocycles. The summed E-state index contributed by atoms with van der Waals surface area (Å²) < 4.78 is 5.32. The van der Waals surface area contributed by atoms with Gasteiger partial charge in [0.05, 0.1) is 25.2 Å². The molecule has 0 bridgehead atoms. The van der Waals surface area contributed by atoms with Gasteiger partial charge in [-0.25, -0.2) is 0 Å². The lowest BCUT2D eigenvalue weighted by Crippen LogP contribution is -2.50. The van der Waals surface area contributed by atoms with Crippen molar-refractivity contribution < 1.29 is 14.6 Å². The normalized spacial score (nSPS) is 33.3. The lowest BCUT2D eigenvalue weighted by Gasteiger charge is -2.34. The van der Waals surface area contributed by atoms with Gasteiger partial charge in [0.2, 0.25) is 5.91 Å². The molecule has 3 N–H and O–H groups in total. The maximum atomic E-state index is 12.2. The van der Waals surface area contributed by atoms with Crippen LogP contribution in [0.5, 0.6) is 0 Å². The summed E-state index contributed by atoms with van der Waals surface area (Å²) in [6, 6.07) is 0.0166. The highest BCUT2D eigenvalue weighted by atomic mass is 35.5. The third-order valence-electron chi connectivity index (χ3n) is 3.54. The quantitative estimate of drug-likeness (QED) is 0.722. The van der Waals surface area contributed by atoms with Crippen LogP contribution in [-0.4, -0.2) is 54.4 Å². The first-order chi connectivity index (χ1) is 7.72. The highest BCUT2D eigenvalue weighted by Gasteiger charge is 2.35. The standard InChI is InChI=1S/C11H20N2O3.ClH/c12-10-3-1-2-9(10)11(15)13-4-5-16-8(6-13)7-14;/h8-10,14H,1-7,12H2;1H. The number of halogens is 1. The Kier molecular flexibility index (Phi) is 5.66. The molecular formula is C11H21ClN2O3. The van der Waals surface area contributed by atoms with E-state index in [1.165, 1.54) is 0 Å². The average Bonchev–Trinajstić information content (AvgIpc) is 2.74. The minimum atomic E-state index is -0.227. The van der Waals surface area contributed by atoms with E-state index in [2.05, 4.69) is 0 Å². The number of aliphatic hydroxyl groups is 1. The molecule has 100 valence electrons. The van der Waals surface area contributed by atoms with Crippen molar-refractivity contribution >= 4 is 18.3 Å². The maximum Gasteiger partial charge on any atom is 0.227 e. The topological polar surface area (TPSA) is 75.8 Å². The molecule has 0 spiro atoms. The summed E-state index contributed by atoms with van der Waals surface area (Å²) in [5.41, 5.74) is 5.93. The minimum absolute atomic E-state index is 0. The van der Waals surface area contributed by atoms with E-state index < -0.39 is 0 Å². The first-order valence-electron chi connectivity index (χ1n) is 5.99. The predicted molar refractivity (Wildman–Crippen MR) is 66.0 cm³/mol. The lowest BCUT2D eigenvalue weighted by atomic mass is 10.0. The fourth-order valence-corrected chi connectivity index (χ4v) is 2.56. The number of nitrogens with two attached hydrogens (primary N) is 1. The molecule has 1 saturated heterocycles. The summed E-state index contributed by atoms with van der Waals surface area (Å²) in [6.45, 7) is 1.61. The van der Waals surface area contributed by atoms with E-state index >= 15 is 0 Å². The van der Waals surface area contributed by atoms with Gasteiger partial charge in [-0.05, 0) is 12.8 Å². The van der Waals surface area contributed by atoms with E-state index in [9.17, 15) is 4.79 Å². The monoisotopic (exact) mass is 264 g/mol. The maximum absolute atomic E-state index is 12.2. The molecule has 0 aromatic heterocycles. The fraction of sp³-hybridized carbons (Fsp3) is 0.909. The number of aliphatic hydroxyl groups excluding tert-OH is 1. The summed E-state index contributed by atoms with van der Waals surface area (Å²) in [5.74, 6) is 0.129. The zero-order chi connectivity index (χ0) is 11.5. The van der Waals surface area contributed by atoms with Crippen LogP contribution in [0.2, 0.25) is 0 Å². The summed E-state index contributed by atoms with van der Waals surface area (Å²) in [7, 11) is 0. The molecule has 1 heterocycles. The van der Waals surface area contributed by atoms with Crippen LogP contribution >= 0.6 is 12.4 Å². The van der Waals surface area contributed by atoms with Gasteiger partial charge in [0.15, 0.2) is 0 Å². The Labute approximate surface area is 108 Å². The molecule has 2 aliphatic rings. The highest BCUT2D eigenvalue weighted by molar-refractivity contribution is 5.85. The zero-order valence-corrected chi connectivity index (χ0v) is 10.7. The van der Waals surface area contributed by atoms with Crippen LogP contribution in [0.15, 0.2) is 0 Å². The molecule has 0 aromatic rings. The fourth-order valence-electron chi connectivity index (χ4n) is 2.56. The number of hydrogen-bond acceptors (Lipinski definition) is 4. The Bertz CT molecular complexity index is 265. The van der Waals surface area contributed by atoms with Crippen LogP contribution in [-0.2, 0) is 9.53 Å². The third kappa shape index (κ3) is 3.31. The molecule has 1 amide bonds. The summed E-state index contributed by atoms with van der Waals surface area (Å²) in [5, 5.41) is 9.02. The van der Waals surface area contributed by atoms with Crippen LogP contribution < -0.4 is 5.73 Å². The van der Waals surface area contributed by atoms with Crippen molar-refractivity contribution in [1.29, 1.82) is 0 Å². The van der Waals surface area contributed by atoms with Gasteiger partial charge >= 0.3 is 0 Å². The van der Waals surface area contributed by atoms with Crippen molar-refractivity contribution in [3.63, 3.8) is 0 Å². The Balaban J connectivity index is 0.00000144. The third-order valence-corrected chi connectivity index (χ3v) is 3.54. The number of amides is 1. The molecule has 2 fully saturated rings. The Morgan fingerprint density at radius 2 is 2.24 bits per heavy atom. The minimum Gasteiger partial charge on any atom is -0.394 e. The van der Waals surface area contributed by atoms with Crippen molar-refractivity contribution in [2.45, 2.75) is 31.4 Å². The van der Waals surface area contributed by atoms with Crippen molar-refractivity contribution in [2.75, 3.05) is 26.3 Å². The summed E-state index contributed by atoms with van der Waals surface area (Å²) in [6.07, 6.45) is 2.67. The van der Waals surface area contributed by atoms with Crippen LogP contribution in [0, 0.1) is 5.92 Å². The lowest BCUT2D eigenvalue weighted by molar-refractivity contribution is -0.144. The van der Waals surface area contributed by atoms with Gasteiger partial charge in [-0.3, -0.25) is 4.79 Å². The van der Waals surface area contributed by atoms with E-state index in [1.807, 2.05) is 0 Å². The van der Waals surface area contributed by atoms with Crippen molar-refractivity contribution in [3.8, 4) is 0 Å². The van der Waals surface area contributed by atoms with Crippen LogP contribution in [0.1, 0.15) is 19.3 Å². The zero-order valence-electron chi connectivity index (χ0n) is 9.88. The van der Waals surface area contributed by atoms with E-state index in [0.29, 0.717) is 19.7 Å². The Hall–Kier alpha value is -0.360. The summed E-state index contributed by atoms with van der Waals surface area (Å²) in [4.78, 5) is 14.0. The predicted octanol–water partition coefficient (Wildman–Crippen LogP) is -0.245. The molecule has 2 rings (SSSR count). The molecule has 0 radical (unpaired) electrons. The van der Waals surface area contributed by atoms with E-state index in [1.54, 1.807) is 4.90 Å². The largest absolute Gasteiger partial charge is 0.394 e. The molecule has 3 atom stereocenters. The number of nitrogens with zero attached hydrogens (tertiary/aromatic N) is 1. The van der Waals surface area contributed by atoms with Gasteiger partial charge in [0, 0.05) is 19.1 Å². The van der Waals surface area contributed by atoms with Crippen LogP contribution in [0.25, 0.3) is 0 Å². The smallest absolute Gasteiger partial charge is 0.227 e. The Morgan fingerprint density at radius 3 is 2.82 bits per heavy atom. The second-order valence-corrected chi connectivity index (χ2v) is 4.66. The van der Waals surface area contributed by atoms with E-state index in [0.717, 1.165) is 19.3 Å². The second-order valence-electron chi connectivity index (χ2n) is 4.66. The molecular weight excluding hydrogens is 244 g/mol. The molecule has 0 aromatic carbocycles. The molecule has 17 heavy (non-hydrogen) atoms.